The van der Waals surface area contributed by atoms with Gasteiger partial charge in [0.1, 0.15) is 33.9 Å². The Kier molecular flexibility index (Phi) is 11.0. The van der Waals surface area contributed by atoms with Gasteiger partial charge in [0.25, 0.3) is 11.8 Å². The Morgan fingerprint density at radius 1 is 0.909 bits per heavy atom. The third kappa shape index (κ3) is 8.02. The number of primary amides is 1. The van der Waals surface area contributed by atoms with Crippen LogP contribution in [0.4, 0.5) is 11.9 Å². The lowest BCUT2D eigenvalue weighted by atomic mass is 10.1. The molecule has 5 aromatic rings. The quantitative estimate of drug-likeness (QED) is 0.0680. The van der Waals surface area contributed by atoms with Gasteiger partial charge < -0.3 is 40.2 Å². The molecule has 3 amide bonds. The lowest BCUT2D eigenvalue weighted by Gasteiger charge is -2.14. The lowest BCUT2D eigenvalue weighted by molar-refractivity contribution is -0.113. The molecule has 0 saturated heterocycles. The van der Waals surface area contributed by atoms with Crippen LogP contribution in [0, 0.1) is 12.3 Å². The molecule has 0 bridgehead atoms. The number of aryl methyl sites for hydroxylation is 2. The van der Waals surface area contributed by atoms with E-state index in [2.05, 4.69) is 31.0 Å². The Labute approximate surface area is 314 Å². The number of imidazole rings is 2. The molecule has 286 valence electrons. The van der Waals surface area contributed by atoms with E-state index in [1.165, 1.54) is 30.3 Å². The summed E-state index contributed by atoms with van der Waals surface area (Å²) < 4.78 is 17.4. The number of aromatic carboxylic acids is 1. The highest BCUT2D eigenvalue weighted by Gasteiger charge is 2.24. The summed E-state index contributed by atoms with van der Waals surface area (Å²) in [6, 6.07) is 7.52. The van der Waals surface area contributed by atoms with E-state index in [0.717, 1.165) is 0 Å². The van der Waals surface area contributed by atoms with Gasteiger partial charge in [-0.3, -0.25) is 29.7 Å². The second kappa shape index (κ2) is 15.9. The van der Waals surface area contributed by atoms with Crippen molar-refractivity contribution in [1.82, 2.24) is 34.2 Å². The van der Waals surface area contributed by atoms with Crippen LogP contribution in [0.2, 0.25) is 0 Å². The van der Waals surface area contributed by atoms with E-state index in [-0.39, 0.29) is 77.8 Å². The Morgan fingerprint density at radius 2 is 1.49 bits per heavy atom. The van der Waals surface area contributed by atoms with Crippen LogP contribution in [0.5, 0.6) is 11.5 Å². The SMILES string of the molecule is CCN/C(=C\C(C)=N)C(=O)Nc1nc2cc(C(N)=O)cc3c2n1C/C=C/Cn1c(NC(=O)c2cc(C)nn2CC)nc2cc(C(=O)O)cc(c21)OCCCO3. The number of anilines is 2. The number of hydrogen-bond donors (Lipinski definition) is 6. The van der Waals surface area contributed by atoms with E-state index < -0.39 is 23.7 Å². The van der Waals surface area contributed by atoms with Crippen molar-refractivity contribution in [1.29, 1.82) is 5.41 Å². The van der Waals surface area contributed by atoms with Crippen LogP contribution >= 0.6 is 0 Å². The molecule has 3 aromatic heterocycles. The fraction of sp³-hybridized carbons (Fsp3) is 0.297. The fourth-order valence-electron chi connectivity index (χ4n) is 6.18. The number of carboxylic acid groups (broad SMARTS) is 1. The van der Waals surface area contributed by atoms with E-state index in [1.807, 2.05) is 26.0 Å². The van der Waals surface area contributed by atoms with E-state index >= 15 is 0 Å². The molecule has 4 heterocycles. The lowest BCUT2D eigenvalue weighted by Crippen LogP contribution is -2.27. The van der Waals surface area contributed by atoms with E-state index in [9.17, 15) is 24.3 Å². The fourth-order valence-corrected chi connectivity index (χ4v) is 6.18. The normalized spacial score (nSPS) is 13.9. The number of ether oxygens (including phenoxy) is 2. The van der Waals surface area contributed by atoms with E-state index in [0.29, 0.717) is 47.4 Å². The van der Waals surface area contributed by atoms with Crippen LogP contribution in [0.3, 0.4) is 0 Å². The number of carboxylic acids is 1. The molecule has 0 saturated carbocycles. The van der Waals surface area contributed by atoms with Gasteiger partial charge in [0.2, 0.25) is 17.8 Å². The Balaban J connectivity index is 1.45. The van der Waals surface area contributed by atoms with Crippen molar-refractivity contribution in [3.63, 3.8) is 0 Å². The summed E-state index contributed by atoms with van der Waals surface area (Å²) in [4.78, 5) is 60.8. The van der Waals surface area contributed by atoms with Crippen molar-refractivity contribution >= 4 is 63.4 Å². The number of hydrogen-bond acceptors (Lipinski definition) is 11. The molecule has 7 N–H and O–H groups in total. The predicted molar refractivity (Wildman–Crippen MR) is 204 cm³/mol. The van der Waals surface area contributed by atoms with Crippen LogP contribution in [0.25, 0.3) is 22.1 Å². The molecule has 0 aliphatic carbocycles. The van der Waals surface area contributed by atoms with Crippen molar-refractivity contribution in [3.05, 3.63) is 76.8 Å². The van der Waals surface area contributed by atoms with Crippen LogP contribution in [0.15, 0.2) is 54.3 Å². The summed E-state index contributed by atoms with van der Waals surface area (Å²) in [6.07, 6.45) is 5.36. The molecule has 2 aromatic carbocycles. The van der Waals surface area contributed by atoms with Gasteiger partial charge in [-0.2, -0.15) is 5.10 Å². The molecular formula is C37H41N11O7. The number of nitrogens with one attached hydrogen (secondary N) is 4. The number of nitrogens with two attached hydrogens (primary N) is 1. The Hall–Kier alpha value is -6.98. The molecule has 0 spiro atoms. The number of carbonyl (C=O) groups is 4. The van der Waals surface area contributed by atoms with Crippen molar-refractivity contribution in [2.45, 2.75) is 53.8 Å². The number of rotatable bonds is 10. The minimum Gasteiger partial charge on any atom is -0.491 e. The molecule has 1 aliphatic heterocycles. The largest absolute Gasteiger partial charge is 0.491 e. The zero-order valence-electron chi connectivity index (χ0n) is 30.7. The topological polar surface area (TPSA) is 246 Å². The summed E-state index contributed by atoms with van der Waals surface area (Å²) in [5.74, 6) is -2.05. The first-order valence-electron chi connectivity index (χ1n) is 17.6. The number of nitrogens with zero attached hydrogens (tertiary/aromatic N) is 6. The summed E-state index contributed by atoms with van der Waals surface area (Å²) >= 11 is 0. The third-order valence-electron chi connectivity index (χ3n) is 8.55. The molecule has 18 nitrogen and oxygen atoms in total. The zero-order chi connectivity index (χ0) is 39.4. The number of benzene rings is 2. The van der Waals surface area contributed by atoms with Crippen molar-refractivity contribution < 1.29 is 33.8 Å². The maximum atomic E-state index is 13.6. The van der Waals surface area contributed by atoms with Crippen LogP contribution in [-0.4, -0.2) is 83.2 Å². The third-order valence-corrected chi connectivity index (χ3v) is 8.55. The summed E-state index contributed by atoms with van der Waals surface area (Å²) in [5.41, 5.74) is 8.65. The number of likely N-dealkylation sites (N-methyl/N-ethyl adjacent to an activating group) is 1. The summed E-state index contributed by atoms with van der Waals surface area (Å²) in [5, 5.41) is 30.9. The average Bonchev–Trinajstić information content (AvgIpc) is 3.80. The number of allylic oxidation sites excluding steroid dienone is 3. The molecular weight excluding hydrogens is 710 g/mol. The second-order valence-corrected chi connectivity index (χ2v) is 12.6. The van der Waals surface area contributed by atoms with E-state index in [4.69, 9.17) is 20.6 Å². The van der Waals surface area contributed by atoms with Crippen LogP contribution < -0.4 is 31.2 Å². The van der Waals surface area contributed by atoms with Gasteiger partial charge in [0, 0.05) is 43.9 Å². The Bertz CT molecular complexity index is 2420. The summed E-state index contributed by atoms with van der Waals surface area (Å²) in [6.45, 7) is 8.44. The second-order valence-electron chi connectivity index (χ2n) is 12.6. The standard InChI is InChI=1S/C37H41N11O7/c1-5-40-26(14-20(3)38)33(50)43-36-41-24-16-22(32(39)49)18-28-30(24)46(36)10-7-8-11-47-31-25(17-23(35(52)53)19-29(31)55-13-9-12-54-28)42-37(47)44-34(51)27-15-21(4)45-48(27)6-2/h7-8,14-19,38,40H,5-6,9-13H2,1-4H3,(H2,39,49)(H,52,53)(H,41,43,50)(H,42,44,51)/b8-7+,26-14-,38-20?. The molecule has 0 unspecified atom stereocenters. The first-order chi connectivity index (χ1) is 26.4. The van der Waals surface area contributed by atoms with Crippen molar-refractivity contribution in [3.8, 4) is 11.5 Å². The van der Waals surface area contributed by atoms with Crippen LogP contribution in [0.1, 0.15) is 64.1 Å². The van der Waals surface area contributed by atoms with Gasteiger partial charge >= 0.3 is 5.97 Å². The molecule has 0 fully saturated rings. The molecule has 0 radical (unpaired) electrons. The van der Waals surface area contributed by atoms with E-state index in [1.54, 1.807) is 33.7 Å². The molecule has 1 aliphatic rings. The predicted octanol–water partition coefficient (Wildman–Crippen LogP) is 3.85. The number of carbonyl (C=O) groups excluding carboxylic acids is 3. The van der Waals surface area contributed by atoms with Gasteiger partial charge in [0.05, 0.1) is 35.5 Å². The van der Waals surface area contributed by atoms with Gasteiger partial charge in [-0.05, 0) is 64.1 Å². The molecule has 55 heavy (non-hydrogen) atoms. The van der Waals surface area contributed by atoms with Gasteiger partial charge in [-0.15, -0.1) is 0 Å². The first kappa shape index (κ1) is 37.8. The average molecular weight is 752 g/mol. The maximum absolute atomic E-state index is 13.6. The smallest absolute Gasteiger partial charge is 0.335 e. The minimum absolute atomic E-state index is 0.0515. The molecule has 6 rings (SSSR count). The molecule has 0 atom stereocenters. The molecule has 18 heteroatoms. The van der Waals surface area contributed by atoms with Gasteiger partial charge in [-0.1, -0.05) is 12.2 Å². The number of amides is 3. The van der Waals surface area contributed by atoms with Crippen molar-refractivity contribution in [2.75, 3.05) is 30.4 Å². The van der Waals surface area contributed by atoms with Crippen molar-refractivity contribution in [2.24, 2.45) is 5.73 Å². The monoisotopic (exact) mass is 751 g/mol. The highest BCUT2D eigenvalue weighted by atomic mass is 16.5. The Morgan fingerprint density at radius 3 is 2.04 bits per heavy atom. The maximum Gasteiger partial charge on any atom is 0.335 e. The first-order valence-corrected chi connectivity index (χ1v) is 17.6. The van der Waals surface area contributed by atoms with Gasteiger partial charge in [0.15, 0.2) is 0 Å². The minimum atomic E-state index is -1.18. The van der Waals surface area contributed by atoms with Crippen LogP contribution in [-0.2, 0) is 24.4 Å². The number of aromatic nitrogens is 6. The highest BCUT2D eigenvalue weighted by Crippen LogP contribution is 2.34. The summed E-state index contributed by atoms with van der Waals surface area (Å²) in [7, 11) is 0. The zero-order valence-corrected chi connectivity index (χ0v) is 30.7. The van der Waals surface area contributed by atoms with Gasteiger partial charge in [-0.25, -0.2) is 14.8 Å². The highest BCUT2D eigenvalue weighted by molar-refractivity contribution is 6.08.